The van der Waals surface area contributed by atoms with Crippen LogP contribution in [-0.4, -0.2) is 51.7 Å². The summed E-state index contributed by atoms with van der Waals surface area (Å²) in [6.07, 6.45) is -8.92. The molecule has 0 saturated carbocycles. The summed E-state index contributed by atoms with van der Waals surface area (Å²) in [5.41, 5.74) is -2.11. The number of nitrogens with zero attached hydrogens (tertiary/aromatic N) is 3. The van der Waals surface area contributed by atoms with Crippen LogP contribution < -0.4 is 5.56 Å². The van der Waals surface area contributed by atoms with Gasteiger partial charge in [-0.1, -0.05) is 23.4 Å². The average molecular weight is 530 g/mol. The highest BCUT2D eigenvalue weighted by molar-refractivity contribution is 5.85. The first-order valence-corrected chi connectivity index (χ1v) is 11.0. The van der Waals surface area contributed by atoms with E-state index in [1.54, 1.807) is 6.92 Å². The molecule has 198 valence electrons. The Balaban J connectivity index is 1.80. The second-order valence-corrected chi connectivity index (χ2v) is 8.46. The van der Waals surface area contributed by atoms with Crippen LogP contribution in [0.2, 0.25) is 0 Å². The molecule has 1 N–H and O–H groups in total. The van der Waals surface area contributed by atoms with Crippen LogP contribution in [0.15, 0.2) is 45.8 Å². The van der Waals surface area contributed by atoms with Crippen molar-refractivity contribution in [3.63, 3.8) is 0 Å². The number of halogens is 6. The fraction of sp³-hybridized carbons (Fsp3) is 0.391. The molecule has 4 rings (SSSR count). The summed E-state index contributed by atoms with van der Waals surface area (Å²) in [6, 6.07) is 4.98. The Labute approximate surface area is 205 Å². The maximum atomic E-state index is 13.6. The Hall–Kier alpha value is -3.68. The minimum atomic E-state index is -4.93. The highest BCUT2D eigenvalue weighted by atomic mass is 19.4. The van der Waals surface area contributed by atoms with Gasteiger partial charge >= 0.3 is 18.2 Å². The van der Waals surface area contributed by atoms with Crippen molar-refractivity contribution in [3.05, 3.63) is 69.5 Å². The Bertz CT molecular complexity index is 1330. The summed E-state index contributed by atoms with van der Waals surface area (Å²) in [5.74, 6) is -4.03. The van der Waals surface area contributed by atoms with Crippen LogP contribution >= 0.6 is 0 Å². The van der Waals surface area contributed by atoms with Crippen LogP contribution in [0.25, 0.3) is 11.4 Å². The van der Waals surface area contributed by atoms with Crippen molar-refractivity contribution >= 4 is 5.91 Å². The van der Waals surface area contributed by atoms with E-state index in [9.17, 15) is 35.9 Å². The van der Waals surface area contributed by atoms with Gasteiger partial charge < -0.3 is 19.1 Å². The van der Waals surface area contributed by atoms with Crippen molar-refractivity contribution in [2.45, 2.75) is 37.7 Å². The van der Waals surface area contributed by atoms with E-state index in [0.717, 1.165) is 24.4 Å². The minimum absolute atomic E-state index is 0.0168. The first-order valence-electron chi connectivity index (χ1n) is 11.0. The zero-order valence-electron chi connectivity index (χ0n) is 19.2. The summed E-state index contributed by atoms with van der Waals surface area (Å²) in [4.78, 5) is 33.6. The van der Waals surface area contributed by atoms with E-state index in [1.807, 2.05) is 0 Å². The third kappa shape index (κ3) is 5.68. The number of benzene rings is 1. The first-order chi connectivity index (χ1) is 17.4. The van der Waals surface area contributed by atoms with Crippen molar-refractivity contribution in [1.82, 2.24) is 20.0 Å². The van der Waals surface area contributed by atoms with Gasteiger partial charge in [-0.3, -0.25) is 9.59 Å². The molecule has 2 atom stereocenters. The summed E-state index contributed by atoms with van der Waals surface area (Å²) in [7, 11) is 0. The third-order valence-electron chi connectivity index (χ3n) is 5.95. The maximum absolute atomic E-state index is 13.6. The standard InChI is InChI=1S/C23H20F6N4O4/c1-12-11-36-8-7-33(12)20(35)16(13-3-2-4-14(9-13)22(24,25)26)10-17-15(5-6-30-19(17)34)18-31-21(37-32-18)23(27,28)29/h2-6,9,12,16H,7-8,10-11H2,1H3,(H,30,34)/t12-,16?/m0/s1. The first kappa shape index (κ1) is 26.4. The molecule has 1 unspecified atom stereocenters. The van der Waals surface area contributed by atoms with Gasteiger partial charge in [-0.2, -0.15) is 31.3 Å². The molecule has 1 aromatic carbocycles. The van der Waals surface area contributed by atoms with Gasteiger partial charge in [-0.05, 0) is 31.0 Å². The van der Waals surface area contributed by atoms with Crippen molar-refractivity contribution < 1.29 is 40.4 Å². The van der Waals surface area contributed by atoms with Crippen LogP contribution in [0.3, 0.4) is 0 Å². The van der Waals surface area contributed by atoms with E-state index in [2.05, 4.69) is 19.6 Å². The number of amides is 1. The van der Waals surface area contributed by atoms with Gasteiger partial charge in [0.2, 0.25) is 11.7 Å². The maximum Gasteiger partial charge on any atom is 0.471 e. The molecule has 3 heterocycles. The molecule has 1 amide bonds. The number of ether oxygens (including phenoxy) is 1. The molecule has 8 nitrogen and oxygen atoms in total. The normalized spacial score (nSPS) is 17.6. The number of morpholine rings is 1. The predicted octanol–water partition coefficient (Wildman–Crippen LogP) is 4.04. The van der Waals surface area contributed by atoms with Gasteiger partial charge in [-0.15, -0.1) is 0 Å². The number of hydrogen-bond donors (Lipinski definition) is 1. The lowest BCUT2D eigenvalue weighted by Crippen LogP contribution is -2.49. The minimum Gasteiger partial charge on any atom is -0.377 e. The smallest absolute Gasteiger partial charge is 0.377 e. The number of carbonyl (C=O) groups excluding carboxylic acids is 1. The van der Waals surface area contributed by atoms with Crippen LogP contribution in [0.1, 0.15) is 35.4 Å². The summed E-state index contributed by atoms with van der Waals surface area (Å²) < 4.78 is 88.9. The van der Waals surface area contributed by atoms with Gasteiger partial charge in [0.1, 0.15) is 0 Å². The van der Waals surface area contributed by atoms with Gasteiger partial charge in [0.25, 0.3) is 5.56 Å². The van der Waals surface area contributed by atoms with E-state index in [-0.39, 0.29) is 36.4 Å². The van der Waals surface area contributed by atoms with Gasteiger partial charge in [-0.25, -0.2) is 0 Å². The molecule has 0 bridgehead atoms. The molecule has 1 aliphatic rings. The Kier molecular flexibility index (Phi) is 7.13. The largest absolute Gasteiger partial charge is 0.471 e. The molecular formula is C23H20F6N4O4. The van der Waals surface area contributed by atoms with Crippen molar-refractivity contribution in [3.8, 4) is 11.4 Å². The van der Waals surface area contributed by atoms with E-state index in [4.69, 9.17) is 4.74 Å². The number of aromatic amines is 1. The molecule has 0 aliphatic carbocycles. The average Bonchev–Trinajstić information content (AvgIpc) is 3.34. The number of rotatable bonds is 5. The Morgan fingerprint density at radius 3 is 2.59 bits per heavy atom. The number of H-pyrrole nitrogens is 1. The summed E-state index contributed by atoms with van der Waals surface area (Å²) in [6.45, 7) is 2.30. The topological polar surface area (TPSA) is 101 Å². The van der Waals surface area contributed by atoms with Gasteiger partial charge in [0, 0.05) is 23.9 Å². The molecule has 3 aromatic rings. The highest BCUT2D eigenvalue weighted by Gasteiger charge is 2.39. The van der Waals surface area contributed by atoms with E-state index >= 15 is 0 Å². The number of aromatic nitrogens is 3. The van der Waals surface area contributed by atoms with Crippen LogP contribution in [0.5, 0.6) is 0 Å². The molecule has 37 heavy (non-hydrogen) atoms. The molecule has 1 saturated heterocycles. The van der Waals surface area contributed by atoms with E-state index in [0.29, 0.717) is 0 Å². The van der Waals surface area contributed by atoms with Crippen molar-refractivity contribution in [2.24, 2.45) is 0 Å². The SMILES string of the molecule is C[C@H]1COCCN1C(=O)C(Cc1c(-c2noc(C(F)(F)F)n2)cc[nH]c1=O)c1cccc(C(F)(F)F)c1. The van der Waals surface area contributed by atoms with Crippen molar-refractivity contribution in [1.29, 1.82) is 0 Å². The number of carbonyl (C=O) groups is 1. The van der Waals surface area contributed by atoms with Crippen molar-refractivity contribution in [2.75, 3.05) is 19.8 Å². The fourth-order valence-electron chi connectivity index (χ4n) is 4.11. The van der Waals surface area contributed by atoms with E-state index in [1.165, 1.54) is 17.0 Å². The Morgan fingerprint density at radius 2 is 1.95 bits per heavy atom. The van der Waals surface area contributed by atoms with Gasteiger partial charge in [0.05, 0.1) is 30.7 Å². The third-order valence-corrected chi connectivity index (χ3v) is 5.95. The number of nitrogens with one attached hydrogen (secondary N) is 1. The summed E-state index contributed by atoms with van der Waals surface area (Å²) in [5, 5.41) is 3.31. The lowest BCUT2D eigenvalue weighted by Gasteiger charge is -2.36. The second kappa shape index (κ2) is 10.00. The molecule has 1 aliphatic heterocycles. The number of alkyl halides is 6. The zero-order valence-corrected chi connectivity index (χ0v) is 19.2. The number of pyridine rings is 1. The molecule has 14 heteroatoms. The van der Waals surface area contributed by atoms with Gasteiger partial charge in [0.15, 0.2) is 0 Å². The summed E-state index contributed by atoms with van der Waals surface area (Å²) >= 11 is 0. The zero-order chi connectivity index (χ0) is 27.0. The molecular weight excluding hydrogens is 510 g/mol. The monoisotopic (exact) mass is 530 g/mol. The second-order valence-electron chi connectivity index (χ2n) is 8.46. The predicted molar refractivity (Wildman–Crippen MR) is 115 cm³/mol. The lowest BCUT2D eigenvalue weighted by atomic mass is 9.88. The lowest BCUT2D eigenvalue weighted by molar-refractivity contribution is -0.159. The van der Waals surface area contributed by atoms with E-state index < -0.39 is 59.5 Å². The fourth-order valence-corrected chi connectivity index (χ4v) is 4.11. The Morgan fingerprint density at radius 1 is 1.19 bits per heavy atom. The van der Waals surface area contributed by atoms with Crippen LogP contribution in [-0.2, 0) is 28.3 Å². The molecule has 1 fully saturated rings. The quantitative estimate of drug-likeness (QED) is 0.500. The van der Waals surface area contributed by atoms with Crippen LogP contribution in [0.4, 0.5) is 26.3 Å². The van der Waals surface area contributed by atoms with Crippen LogP contribution in [0, 0.1) is 0 Å². The molecule has 0 spiro atoms. The highest BCUT2D eigenvalue weighted by Crippen LogP contribution is 2.34. The molecule has 0 radical (unpaired) electrons. The molecule has 2 aromatic heterocycles. The number of hydrogen-bond acceptors (Lipinski definition) is 6.